The Morgan fingerprint density at radius 1 is 1.13 bits per heavy atom. The summed E-state index contributed by atoms with van der Waals surface area (Å²) in [6.07, 6.45) is 2.91. The highest BCUT2D eigenvalue weighted by atomic mass is 16.7. The molecule has 0 aliphatic carbocycles. The van der Waals surface area contributed by atoms with E-state index in [1.807, 2.05) is 34.6 Å². The quantitative estimate of drug-likeness (QED) is 0.386. The summed E-state index contributed by atoms with van der Waals surface area (Å²) in [4.78, 5) is 0. The Morgan fingerprint density at radius 3 is 2.07 bits per heavy atom. The topological polar surface area (TPSA) is 27.7 Å². The fourth-order valence-corrected chi connectivity index (χ4v) is 0.802. The Kier molecular flexibility index (Phi) is 7.14. The molecule has 0 spiro atoms. The van der Waals surface area contributed by atoms with Gasteiger partial charge in [0.05, 0.1) is 0 Å². The number of rotatable bonds is 6. The molecule has 0 aromatic heterocycles. The van der Waals surface area contributed by atoms with Gasteiger partial charge < -0.3 is 14.2 Å². The van der Waals surface area contributed by atoms with E-state index in [-0.39, 0.29) is 11.9 Å². The van der Waals surface area contributed by atoms with Crippen LogP contribution in [0.2, 0.25) is 0 Å². The summed E-state index contributed by atoms with van der Waals surface area (Å²) in [5.74, 6) is 0. The standard InChI is InChI=1S/C12H22O3/c1-6-13-11(14-7-2)9-8-10-15-12(3,4)5/h9-11H,6-7H2,1-5H3. The van der Waals surface area contributed by atoms with Crippen LogP contribution in [-0.2, 0) is 14.2 Å². The molecular weight excluding hydrogens is 192 g/mol. The van der Waals surface area contributed by atoms with Crippen LogP contribution in [0.25, 0.3) is 0 Å². The summed E-state index contributed by atoms with van der Waals surface area (Å²) in [5, 5.41) is 0. The minimum absolute atomic E-state index is 0.187. The molecule has 0 atom stereocenters. The number of hydrogen-bond acceptors (Lipinski definition) is 3. The largest absolute Gasteiger partial charge is 0.488 e. The summed E-state index contributed by atoms with van der Waals surface area (Å²) < 4.78 is 16.0. The average molecular weight is 214 g/mol. The maximum Gasteiger partial charge on any atom is 0.184 e. The van der Waals surface area contributed by atoms with E-state index in [1.165, 1.54) is 6.26 Å². The molecule has 0 amide bonds. The van der Waals surface area contributed by atoms with Gasteiger partial charge >= 0.3 is 0 Å². The van der Waals surface area contributed by atoms with Crippen LogP contribution in [0.5, 0.6) is 0 Å². The third-order valence-corrected chi connectivity index (χ3v) is 1.37. The van der Waals surface area contributed by atoms with Crippen molar-refractivity contribution < 1.29 is 14.2 Å². The van der Waals surface area contributed by atoms with Crippen molar-refractivity contribution >= 4 is 0 Å². The highest BCUT2D eigenvalue weighted by Gasteiger charge is 2.07. The van der Waals surface area contributed by atoms with Gasteiger partial charge in [-0.2, -0.15) is 0 Å². The summed E-state index contributed by atoms with van der Waals surface area (Å²) in [7, 11) is 0. The van der Waals surface area contributed by atoms with Crippen molar-refractivity contribution in [2.75, 3.05) is 13.2 Å². The molecule has 15 heavy (non-hydrogen) atoms. The van der Waals surface area contributed by atoms with E-state index in [0.717, 1.165) is 0 Å². The Bertz CT molecular complexity index is 203. The van der Waals surface area contributed by atoms with E-state index in [4.69, 9.17) is 14.2 Å². The molecule has 0 aromatic carbocycles. The van der Waals surface area contributed by atoms with Crippen LogP contribution in [0.1, 0.15) is 34.6 Å². The van der Waals surface area contributed by atoms with Gasteiger partial charge in [0.15, 0.2) is 6.29 Å². The van der Waals surface area contributed by atoms with Crippen LogP contribution >= 0.6 is 0 Å². The van der Waals surface area contributed by atoms with Gasteiger partial charge in [-0.3, -0.25) is 0 Å². The van der Waals surface area contributed by atoms with Gasteiger partial charge in [-0.05, 0) is 34.6 Å². The molecular formula is C12H22O3. The SMILES string of the molecule is CCOC(C=C=COC(C)(C)C)OCC. The zero-order chi connectivity index (χ0) is 11.7. The molecule has 0 heterocycles. The zero-order valence-electron chi connectivity index (χ0n) is 10.4. The van der Waals surface area contributed by atoms with Gasteiger partial charge in [-0.25, -0.2) is 0 Å². The minimum Gasteiger partial charge on any atom is -0.488 e. The van der Waals surface area contributed by atoms with Crippen LogP contribution in [0.15, 0.2) is 18.1 Å². The molecule has 0 N–H and O–H groups in total. The molecule has 0 aliphatic rings. The normalized spacial score (nSPS) is 11.1. The highest BCUT2D eigenvalue weighted by Crippen LogP contribution is 2.06. The van der Waals surface area contributed by atoms with Gasteiger partial charge in [-0.1, -0.05) is 5.73 Å². The predicted octanol–water partition coefficient (Wildman–Crippen LogP) is 2.87. The second-order valence-corrected chi connectivity index (χ2v) is 3.96. The van der Waals surface area contributed by atoms with Gasteiger partial charge in [0, 0.05) is 19.3 Å². The lowest BCUT2D eigenvalue weighted by atomic mass is 10.2. The summed E-state index contributed by atoms with van der Waals surface area (Å²) in [6, 6.07) is 0. The lowest BCUT2D eigenvalue weighted by molar-refractivity contribution is -0.103. The lowest BCUT2D eigenvalue weighted by Crippen LogP contribution is -2.15. The average Bonchev–Trinajstić information content (AvgIpc) is 2.11. The third-order valence-electron chi connectivity index (χ3n) is 1.37. The molecule has 0 bridgehead atoms. The van der Waals surface area contributed by atoms with E-state index in [2.05, 4.69) is 5.73 Å². The van der Waals surface area contributed by atoms with E-state index >= 15 is 0 Å². The van der Waals surface area contributed by atoms with Crippen molar-refractivity contribution in [3.63, 3.8) is 0 Å². The Balaban J connectivity index is 4.07. The second kappa shape index (κ2) is 7.52. The first-order valence-electron chi connectivity index (χ1n) is 5.31. The van der Waals surface area contributed by atoms with Crippen molar-refractivity contribution in [1.29, 1.82) is 0 Å². The Labute approximate surface area is 92.7 Å². The van der Waals surface area contributed by atoms with E-state index in [9.17, 15) is 0 Å². The highest BCUT2D eigenvalue weighted by molar-refractivity contribution is 4.84. The van der Waals surface area contributed by atoms with Crippen LogP contribution < -0.4 is 0 Å². The molecule has 0 aromatic rings. The molecule has 0 radical (unpaired) electrons. The summed E-state index contributed by atoms with van der Waals surface area (Å²) in [6.45, 7) is 11.0. The number of ether oxygens (including phenoxy) is 3. The fraction of sp³-hybridized carbons (Fsp3) is 0.750. The van der Waals surface area contributed by atoms with Gasteiger partial charge in [-0.15, -0.1) is 0 Å². The molecule has 3 nitrogen and oxygen atoms in total. The van der Waals surface area contributed by atoms with E-state index in [0.29, 0.717) is 13.2 Å². The molecule has 88 valence electrons. The van der Waals surface area contributed by atoms with Crippen LogP contribution in [-0.4, -0.2) is 25.1 Å². The Hall–Kier alpha value is -0.760. The molecule has 0 aliphatic heterocycles. The molecule has 3 heteroatoms. The van der Waals surface area contributed by atoms with Crippen molar-refractivity contribution in [1.82, 2.24) is 0 Å². The fourth-order valence-electron chi connectivity index (χ4n) is 0.802. The van der Waals surface area contributed by atoms with Crippen molar-refractivity contribution in [2.24, 2.45) is 0 Å². The lowest BCUT2D eigenvalue weighted by Gasteiger charge is -2.16. The van der Waals surface area contributed by atoms with Gasteiger partial charge in [0.1, 0.15) is 11.9 Å². The predicted molar refractivity (Wildman–Crippen MR) is 60.5 cm³/mol. The first kappa shape index (κ1) is 14.2. The van der Waals surface area contributed by atoms with Crippen LogP contribution in [0, 0.1) is 0 Å². The molecule has 0 unspecified atom stereocenters. The molecule has 0 saturated heterocycles. The molecule has 0 fully saturated rings. The van der Waals surface area contributed by atoms with Crippen LogP contribution in [0.3, 0.4) is 0 Å². The van der Waals surface area contributed by atoms with Crippen molar-refractivity contribution in [2.45, 2.75) is 46.5 Å². The van der Waals surface area contributed by atoms with Crippen molar-refractivity contribution in [3.8, 4) is 0 Å². The molecule has 0 saturated carbocycles. The van der Waals surface area contributed by atoms with Gasteiger partial charge in [0.2, 0.25) is 0 Å². The summed E-state index contributed by atoms with van der Waals surface area (Å²) >= 11 is 0. The smallest absolute Gasteiger partial charge is 0.184 e. The van der Waals surface area contributed by atoms with Crippen LogP contribution in [0.4, 0.5) is 0 Å². The van der Waals surface area contributed by atoms with Gasteiger partial charge in [0.25, 0.3) is 0 Å². The first-order chi connectivity index (χ1) is 6.99. The molecule has 0 rings (SSSR count). The zero-order valence-corrected chi connectivity index (χ0v) is 10.4. The van der Waals surface area contributed by atoms with Crippen molar-refractivity contribution in [3.05, 3.63) is 18.1 Å². The Morgan fingerprint density at radius 2 is 1.67 bits per heavy atom. The first-order valence-corrected chi connectivity index (χ1v) is 5.31. The van der Waals surface area contributed by atoms with E-state index in [1.54, 1.807) is 6.08 Å². The monoisotopic (exact) mass is 214 g/mol. The second-order valence-electron chi connectivity index (χ2n) is 3.96. The third kappa shape index (κ3) is 9.54. The summed E-state index contributed by atoms with van der Waals surface area (Å²) in [5.41, 5.74) is 2.70. The maximum atomic E-state index is 5.36. The minimum atomic E-state index is -0.334. The number of hydrogen-bond donors (Lipinski definition) is 0. The maximum absolute atomic E-state index is 5.36. The van der Waals surface area contributed by atoms with E-state index < -0.39 is 0 Å².